The van der Waals surface area contributed by atoms with Gasteiger partial charge in [0.25, 0.3) is 10.0 Å². The molecule has 1 heterocycles. The molecule has 130 valence electrons. The normalized spacial score (nSPS) is 11.6. The first kappa shape index (κ1) is 16.7. The highest BCUT2D eigenvalue weighted by atomic mass is 32.2. The lowest BCUT2D eigenvalue weighted by Gasteiger charge is -2.21. The van der Waals surface area contributed by atoms with Crippen molar-refractivity contribution in [3.8, 4) is 10.6 Å². The van der Waals surface area contributed by atoms with Gasteiger partial charge in [0.2, 0.25) is 0 Å². The Kier molecular flexibility index (Phi) is 4.20. The molecule has 7 heteroatoms. The lowest BCUT2D eigenvalue weighted by atomic mass is 10.2. The van der Waals surface area contributed by atoms with Crippen molar-refractivity contribution >= 4 is 37.3 Å². The van der Waals surface area contributed by atoms with Crippen LogP contribution in [-0.2, 0) is 10.0 Å². The third-order valence-electron chi connectivity index (χ3n) is 3.97. The van der Waals surface area contributed by atoms with Gasteiger partial charge in [-0.05, 0) is 36.4 Å². The third-order valence-corrected chi connectivity index (χ3v) is 6.62. The van der Waals surface area contributed by atoms with Gasteiger partial charge >= 0.3 is 0 Å². The van der Waals surface area contributed by atoms with E-state index >= 15 is 0 Å². The highest BCUT2D eigenvalue weighted by molar-refractivity contribution is 7.92. The maximum atomic E-state index is 12.9. The van der Waals surface area contributed by atoms with E-state index in [1.54, 1.807) is 30.3 Å². The lowest BCUT2D eigenvalue weighted by molar-refractivity contribution is 0.592. The molecule has 0 radical (unpaired) electrons. The zero-order valence-corrected chi connectivity index (χ0v) is 15.2. The molecule has 0 aliphatic carbocycles. The quantitative estimate of drug-likeness (QED) is 0.428. The molecule has 0 spiro atoms. The van der Waals surface area contributed by atoms with Gasteiger partial charge < -0.3 is 0 Å². The van der Waals surface area contributed by atoms with Crippen LogP contribution >= 0.6 is 11.3 Å². The lowest BCUT2D eigenvalue weighted by Crippen LogP contribution is -2.37. The second-order valence-corrected chi connectivity index (χ2v) is 8.46. The van der Waals surface area contributed by atoms with Gasteiger partial charge in [-0.2, -0.15) is 8.42 Å². The summed E-state index contributed by atoms with van der Waals surface area (Å²) in [4.78, 5) is 4.76. The van der Waals surface area contributed by atoms with E-state index in [2.05, 4.69) is 4.98 Å². The summed E-state index contributed by atoms with van der Waals surface area (Å²) in [5.74, 6) is 6.06. The third kappa shape index (κ3) is 2.86. The summed E-state index contributed by atoms with van der Waals surface area (Å²) in [6.07, 6.45) is 0. The molecule has 0 fully saturated rings. The van der Waals surface area contributed by atoms with E-state index in [1.807, 2.05) is 36.4 Å². The number of aromatic nitrogens is 1. The van der Waals surface area contributed by atoms with Gasteiger partial charge in [-0.1, -0.05) is 42.5 Å². The molecule has 0 aliphatic rings. The number of thiazole rings is 1. The molecular weight excluding hydrogens is 366 g/mol. The number of nitrogens with zero attached hydrogens (tertiary/aromatic N) is 2. The predicted molar refractivity (Wildman–Crippen MR) is 105 cm³/mol. The Morgan fingerprint density at radius 3 is 2.27 bits per heavy atom. The second-order valence-electron chi connectivity index (χ2n) is 5.62. The zero-order chi connectivity index (χ0) is 18.1. The second kappa shape index (κ2) is 6.53. The van der Waals surface area contributed by atoms with Crippen LogP contribution in [-0.4, -0.2) is 13.4 Å². The first-order chi connectivity index (χ1) is 12.6. The van der Waals surface area contributed by atoms with Crippen molar-refractivity contribution in [2.24, 2.45) is 5.84 Å². The summed E-state index contributed by atoms with van der Waals surface area (Å²) in [5.41, 5.74) is 1.93. The molecule has 0 bridgehead atoms. The number of rotatable bonds is 4. The summed E-state index contributed by atoms with van der Waals surface area (Å²) in [7, 11) is -3.86. The maximum Gasteiger partial charge on any atom is 0.277 e. The van der Waals surface area contributed by atoms with Crippen LogP contribution in [0.2, 0.25) is 0 Å². The van der Waals surface area contributed by atoms with Crippen LogP contribution in [0.15, 0.2) is 83.8 Å². The van der Waals surface area contributed by atoms with Gasteiger partial charge in [0.15, 0.2) is 0 Å². The largest absolute Gasteiger partial charge is 0.277 e. The number of hydrazine groups is 1. The average molecular weight is 381 g/mol. The van der Waals surface area contributed by atoms with Crippen LogP contribution in [0.5, 0.6) is 0 Å². The summed E-state index contributed by atoms with van der Waals surface area (Å²) < 4.78 is 27.6. The molecule has 0 aliphatic heterocycles. The number of hydrogen-bond acceptors (Lipinski definition) is 5. The molecule has 0 saturated heterocycles. The first-order valence-electron chi connectivity index (χ1n) is 7.87. The number of anilines is 1. The van der Waals surface area contributed by atoms with Gasteiger partial charge in [0, 0.05) is 5.56 Å². The summed E-state index contributed by atoms with van der Waals surface area (Å²) in [6, 6.07) is 23.0. The van der Waals surface area contributed by atoms with Gasteiger partial charge in [-0.15, -0.1) is 11.3 Å². The van der Waals surface area contributed by atoms with E-state index in [4.69, 9.17) is 5.84 Å². The Hall–Kier alpha value is -2.74. The zero-order valence-electron chi connectivity index (χ0n) is 13.6. The fourth-order valence-corrected chi connectivity index (χ4v) is 4.82. The standard InChI is InChI=1S/C19H15N3O2S2/c20-22(26(23,24)14-8-2-1-3-9-14)17-12-6-4-10-15(17)19-21-16-11-5-7-13-18(16)25-19/h1-13H,20H2. The Morgan fingerprint density at radius 1 is 0.846 bits per heavy atom. The van der Waals surface area contributed by atoms with E-state index in [-0.39, 0.29) is 4.90 Å². The van der Waals surface area contributed by atoms with Gasteiger partial charge in [-0.25, -0.2) is 15.2 Å². The minimum Gasteiger partial charge on any atom is -0.236 e. The number of nitrogens with two attached hydrogens (primary N) is 1. The number of para-hydroxylation sites is 2. The van der Waals surface area contributed by atoms with Crippen molar-refractivity contribution in [1.82, 2.24) is 4.98 Å². The summed E-state index contributed by atoms with van der Waals surface area (Å²) in [6.45, 7) is 0. The smallest absolute Gasteiger partial charge is 0.236 e. The van der Waals surface area contributed by atoms with E-state index in [0.29, 0.717) is 11.3 Å². The number of hydrogen-bond donors (Lipinski definition) is 1. The first-order valence-corrected chi connectivity index (χ1v) is 10.1. The number of sulfonamides is 1. The highest BCUT2D eigenvalue weighted by Gasteiger charge is 2.25. The molecule has 5 nitrogen and oxygen atoms in total. The van der Waals surface area contributed by atoms with Crippen molar-refractivity contribution in [3.63, 3.8) is 0 Å². The Balaban J connectivity index is 1.83. The fourth-order valence-electron chi connectivity index (χ4n) is 2.67. The van der Waals surface area contributed by atoms with Crippen LogP contribution < -0.4 is 10.3 Å². The van der Waals surface area contributed by atoms with Gasteiger partial charge in [-0.3, -0.25) is 0 Å². The average Bonchev–Trinajstić information content (AvgIpc) is 3.12. The molecule has 0 atom stereocenters. The van der Waals surface area contributed by atoms with Gasteiger partial charge in [0.1, 0.15) is 5.01 Å². The van der Waals surface area contributed by atoms with Crippen molar-refractivity contribution in [2.75, 3.05) is 4.41 Å². The highest BCUT2D eigenvalue weighted by Crippen LogP contribution is 2.36. The van der Waals surface area contributed by atoms with Crippen molar-refractivity contribution < 1.29 is 8.42 Å². The van der Waals surface area contributed by atoms with Crippen molar-refractivity contribution in [3.05, 3.63) is 78.9 Å². The molecule has 0 saturated carbocycles. The Bertz CT molecular complexity index is 1140. The van der Waals surface area contributed by atoms with Crippen LogP contribution in [0.1, 0.15) is 0 Å². The molecule has 1 aromatic heterocycles. The predicted octanol–water partition coefficient (Wildman–Crippen LogP) is 4.03. The molecule has 2 N–H and O–H groups in total. The van der Waals surface area contributed by atoms with Crippen LogP contribution in [0.4, 0.5) is 5.69 Å². The van der Waals surface area contributed by atoms with Crippen LogP contribution in [0.3, 0.4) is 0 Å². The molecule has 0 amide bonds. The van der Waals surface area contributed by atoms with E-state index in [0.717, 1.165) is 19.6 Å². The minimum atomic E-state index is -3.86. The van der Waals surface area contributed by atoms with Crippen LogP contribution in [0.25, 0.3) is 20.8 Å². The molecule has 26 heavy (non-hydrogen) atoms. The van der Waals surface area contributed by atoms with Crippen LogP contribution in [0, 0.1) is 0 Å². The Morgan fingerprint density at radius 2 is 1.50 bits per heavy atom. The molecule has 4 aromatic rings. The molecule has 3 aromatic carbocycles. The molecule has 0 unspecified atom stereocenters. The SMILES string of the molecule is NN(c1ccccc1-c1nc2ccccc2s1)S(=O)(=O)c1ccccc1. The van der Waals surface area contributed by atoms with Crippen molar-refractivity contribution in [2.45, 2.75) is 4.90 Å². The maximum absolute atomic E-state index is 12.9. The minimum absolute atomic E-state index is 0.140. The monoisotopic (exact) mass is 381 g/mol. The topological polar surface area (TPSA) is 76.3 Å². The van der Waals surface area contributed by atoms with E-state index in [1.165, 1.54) is 23.5 Å². The number of benzene rings is 3. The van der Waals surface area contributed by atoms with Gasteiger partial charge in [0.05, 0.1) is 20.8 Å². The molecule has 4 rings (SSSR count). The molecular formula is C19H15N3O2S2. The van der Waals surface area contributed by atoms with E-state index in [9.17, 15) is 8.42 Å². The fraction of sp³-hybridized carbons (Fsp3) is 0. The van der Waals surface area contributed by atoms with E-state index < -0.39 is 10.0 Å². The summed E-state index contributed by atoms with van der Waals surface area (Å²) in [5, 5.41) is 0.723. The summed E-state index contributed by atoms with van der Waals surface area (Å²) >= 11 is 1.50. The van der Waals surface area contributed by atoms with Crippen molar-refractivity contribution in [1.29, 1.82) is 0 Å². The Labute approximate surface area is 155 Å². The number of fused-ring (bicyclic) bond motifs is 1.